The highest BCUT2D eigenvalue weighted by Crippen LogP contribution is 2.47. The molecule has 1 aliphatic carbocycles. The summed E-state index contributed by atoms with van der Waals surface area (Å²) in [6.07, 6.45) is 1.92. The van der Waals surface area contributed by atoms with Gasteiger partial charge in [-0.15, -0.1) is 11.3 Å². The number of fused-ring (bicyclic) bond motifs is 1. The number of rotatable bonds is 13. The Kier molecular flexibility index (Phi) is 9.94. The van der Waals surface area contributed by atoms with E-state index in [2.05, 4.69) is 0 Å². The Morgan fingerprint density at radius 2 is 1.74 bits per heavy atom. The van der Waals surface area contributed by atoms with Crippen molar-refractivity contribution in [1.29, 1.82) is 0 Å². The fourth-order valence-electron chi connectivity index (χ4n) is 6.69. The van der Waals surface area contributed by atoms with E-state index in [4.69, 9.17) is 9.15 Å². The number of likely N-dealkylation sites (tertiary alicyclic amines) is 1. The number of aliphatic hydroxyl groups is 3. The number of hydrogen-bond acceptors (Lipinski definition) is 8. The number of allylic oxidation sites excluding steroid dienone is 1. The summed E-state index contributed by atoms with van der Waals surface area (Å²) in [5, 5.41) is 34.0. The number of para-hydroxylation sites is 1. The van der Waals surface area contributed by atoms with Crippen molar-refractivity contribution in [3.63, 3.8) is 0 Å². The summed E-state index contributed by atoms with van der Waals surface area (Å²) in [7, 11) is 0. The summed E-state index contributed by atoms with van der Waals surface area (Å²) in [5.74, 6) is -0.980. The molecule has 0 radical (unpaired) electrons. The smallest absolute Gasteiger partial charge is 0.234 e. The Morgan fingerprint density at radius 3 is 2.41 bits per heavy atom. The van der Waals surface area contributed by atoms with Crippen molar-refractivity contribution in [2.75, 3.05) is 13.2 Å². The summed E-state index contributed by atoms with van der Waals surface area (Å²) in [6.45, 7) is -0.262. The molecule has 1 saturated heterocycles. The van der Waals surface area contributed by atoms with Crippen molar-refractivity contribution in [3.05, 3.63) is 123 Å². The number of furan rings is 1. The Hall–Kier alpha value is -4.28. The molecule has 8 nitrogen and oxygen atoms in total. The third-order valence-electron chi connectivity index (χ3n) is 8.87. The van der Waals surface area contributed by atoms with Gasteiger partial charge < -0.3 is 24.5 Å². The Balaban J connectivity index is 1.30. The summed E-state index contributed by atoms with van der Waals surface area (Å²) >= 11 is 1.49. The van der Waals surface area contributed by atoms with Gasteiger partial charge >= 0.3 is 0 Å². The molecule has 3 N–H and O–H groups in total. The maximum Gasteiger partial charge on any atom is 0.234 e. The Morgan fingerprint density at radius 1 is 0.978 bits per heavy atom. The molecular formula is C37H37NO7S. The van der Waals surface area contributed by atoms with E-state index in [1.807, 2.05) is 84.3 Å². The molecule has 4 aromatic rings. The zero-order valence-electron chi connectivity index (χ0n) is 25.3. The molecule has 2 aliphatic rings. The number of carbonyl (C=O) groups excluding carboxylic acids is 2. The molecule has 4 atom stereocenters. The van der Waals surface area contributed by atoms with Crippen LogP contribution in [0, 0.1) is 17.8 Å². The minimum atomic E-state index is -1.00. The number of imide groups is 1. The lowest BCUT2D eigenvalue weighted by molar-refractivity contribution is -0.140. The summed E-state index contributed by atoms with van der Waals surface area (Å²) in [5.41, 5.74) is 3.19. The van der Waals surface area contributed by atoms with Crippen LogP contribution in [-0.4, -0.2) is 51.4 Å². The molecule has 6 rings (SSSR count). The molecule has 2 aromatic heterocycles. The molecule has 0 saturated carbocycles. The van der Waals surface area contributed by atoms with Gasteiger partial charge in [-0.05, 0) is 83.3 Å². The van der Waals surface area contributed by atoms with Crippen molar-refractivity contribution >= 4 is 34.8 Å². The van der Waals surface area contributed by atoms with Crippen molar-refractivity contribution in [3.8, 4) is 5.75 Å². The van der Waals surface area contributed by atoms with Crippen molar-refractivity contribution in [2.24, 2.45) is 17.8 Å². The van der Waals surface area contributed by atoms with Crippen LogP contribution in [0.25, 0.3) is 11.6 Å². The maximum atomic E-state index is 13.8. The van der Waals surface area contributed by atoms with E-state index in [0.29, 0.717) is 35.7 Å². The second-order valence-electron chi connectivity index (χ2n) is 11.7. The summed E-state index contributed by atoms with van der Waals surface area (Å²) in [6, 6.07) is 26.4. The van der Waals surface area contributed by atoms with Crippen LogP contribution in [0.15, 0.2) is 106 Å². The molecule has 0 spiro atoms. The van der Waals surface area contributed by atoms with Gasteiger partial charge in [0.25, 0.3) is 0 Å². The fraction of sp³-hybridized carbons (Fsp3) is 0.297. The van der Waals surface area contributed by atoms with Crippen LogP contribution >= 0.6 is 11.3 Å². The van der Waals surface area contributed by atoms with E-state index in [0.717, 1.165) is 21.6 Å². The zero-order chi connectivity index (χ0) is 32.0. The highest BCUT2D eigenvalue weighted by Gasteiger charge is 2.54. The first-order chi connectivity index (χ1) is 22.5. The zero-order valence-corrected chi connectivity index (χ0v) is 26.1. The average Bonchev–Trinajstić information content (AvgIpc) is 3.84. The topological polar surface area (TPSA) is 120 Å². The van der Waals surface area contributed by atoms with Gasteiger partial charge in [0.2, 0.25) is 11.8 Å². The van der Waals surface area contributed by atoms with Gasteiger partial charge in [-0.2, -0.15) is 0 Å². The van der Waals surface area contributed by atoms with Gasteiger partial charge in [-0.3, -0.25) is 14.5 Å². The molecule has 3 heterocycles. The minimum Gasteiger partial charge on any atom is -0.489 e. The van der Waals surface area contributed by atoms with Crippen LogP contribution < -0.4 is 4.74 Å². The monoisotopic (exact) mass is 639 g/mol. The molecule has 2 amide bonds. The number of benzene rings is 2. The predicted octanol–water partition coefficient (Wildman–Crippen LogP) is 5.70. The molecule has 238 valence electrons. The standard InChI is InChI=1S/C37H37NO7S/c39-21-29-15-14-28(45-29)18-25(24-8-3-1-4-9-24)13-16-33(41)34-26(23-44-27-10-5-2-6-11-27)19-31-35(32(34)22-40)37(43)38(36(31)42)20-30-12-7-17-46-30/h1-12,14-15,17-18,31-33,35,39-41H,13,16,19-23H2/b25-18-/t31-,32+,33-,35-/m1/s1. The molecule has 1 aliphatic heterocycles. The van der Waals surface area contributed by atoms with Crippen LogP contribution in [0.3, 0.4) is 0 Å². The molecule has 0 bridgehead atoms. The highest BCUT2D eigenvalue weighted by molar-refractivity contribution is 7.09. The van der Waals surface area contributed by atoms with Gasteiger partial charge in [-0.1, -0.05) is 54.6 Å². The molecule has 2 aromatic carbocycles. The van der Waals surface area contributed by atoms with Crippen molar-refractivity contribution < 1.29 is 34.1 Å². The van der Waals surface area contributed by atoms with E-state index in [1.165, 1.54) is 16.2 Å². The molecular weight excluding hydrogens is 602 g/mol. The average molecular weight is 640 g/mol. The second-order valence-corrected chi connectivity index (χ2v) is 12.7. The number of thiophene rings is 1. The minimum absolute atomic E-state index is 0.125. The van der Waals surface area contributed by atoms with Gasteiger partial charge in [0.1, 0.15) is 30.5 Å². The lowest BCUT2D eigenvalue weighted by Crippen LogP contribution is -2.40. The lowest BCUT2D eigenvalue weighted by atomic mass is 9.68. The number of hydrogen-bond donors (Lipinski definition) is 3. The van der Waals surface area contributed by atoms with Crippen LogP contribution in [0.4, 0.5) is 0 Å². The number of carbonyl (C=O) groups is 2. The first kappa shape index (κ1) is 31.7. The van der Waals surface area contributed by atoms with E-state index in [-0.39, 0.29) is 44.6 Å². The van der Waals surface area contributed by atoms with Crippen molar-refractivity contribution in [2.45, 2.75) is 38.5 Å². The Bertz CT molecular complexity index is 1690. The van der Waals surface area contributed by atoms with Crippen LogP contribution in [-0.2, 0) is 22.7 Å². The number of ether oxygens (including phenoxy) is 1. The second kappa shape index (κ2) is 14.4. The van der Waals surface area contributed by atoms with E-state index < -0.39 is 23.9 Å². The summed E-state index contributed by atoms with van der Waals surface area (Å²) < 4.78 is 11.9. The SMILES string of the molecule is O=C1[C@@H]2[C@@H](CC(COc3ccccc3)=C([C@H](O)CC/C(=C/c3ccc(CO)o3)c3ccccc3)[C@@H]2CO)C(=O)N1Cc1cccs1. The van der Waals surface area contributed by atoms with Crippen LogP contribution in [0.1, 0.15) is 41.2 Å². The van der Waals surface area contributed by atoms with Gasteiger partial charge in [0.05, 0.1) is 31.1 Å². The quantitative estimate of drug-likeness (QED) is 0.127. The van der Waals surface area contributed by atoms with Crippen molar-refractivity contribution in [1.82, 2.24) is 4.90 Å². The first-order valence-electron chi connectivity index (χ1n) is 15.5. The van der Waals surface area contributed by atoms with E-state index in [9.17, 15) is 24.9 Å². The fourth-order valence-corrected chi connectivity index (χ4v) is 7.38. The maximum absolute atomic E-state index is 13.8. The summed E-state index contributed by atoms with van der Waals surface area (Å²) in [4.78, 5) is 29.7. The van der Waals surface area contributed by atoms with E-state index in [1.54, 1.807) is 12.1 Å². The predicted molar refractivity (Wildman–Crippen MR) is 175 cm³/mol. The first-order valence-corrected chi connectivity index (χ1v) is 16.4. The van der Waals surface area contributed by atoms with Gasteiger partial charge in [-0.25, -0.2) is 0 Å². The molecule has 1 fully saturated rings. The van der Waals surface area contributed by atoms with Crippen LogP contribution in [0.2, 0.25) is 0 Å². The number of amides is 2. The molecule has 0 unspecified atom stereocenters. The highest BCUT2D eigenvalue weighted by atomic mass is 32.1. The molecule has 46 heavy (non-hydrogen) atoms. The largest absolute Gasteiger partial charge is 0.489 e. The third-order valence-corrected chi connectivity index (χ3v) is 9.73. The lowest BCUT2D eigenvalue weighted by Gasteiger charge is -2.36. The van der Waals surface area contributed by atoms with E-state index >= 15 is 0 Å². The normalized spacial score (nSPS) is 20.7. The molecule has 9 heteroatoms. The number of nitrogens with zero attached hydrogens (tertiary/aromatic N) is 1. The van der Waals surface area contributed by atoms with Crippen LogP contribution in [0.5, 0.6) is 5.75 Å². The third kappa shape index (κ3) is 6.78. The van der Waals surface area contributed by atoms with Gasteiger partial charge in [0.15, 0.2) is 0 Å². The number of aliphatic hydroxyl groups excluding tert-OH is 3. The Labute approximate surface area is 271 Å². The van der Waals surface area contributed by atoms with Gasteiger partial charge in [0, 0.05) is 10.8 Å².